The Labute approximate surface area is 129 Å². The molecule has 0 aliphatic heterocycles. The predicted octanol–water partition coefficient (Wildman–Crippen LogP) is 1.93. The van der Waals surface area contributed by atoms with Gasteiger partial charge in [-0.15, -0.1) is 0 Å². The molecule has 0 bridgehead atoms. The molecule has 120 valence electrons. The van der Waals surface area contributed by atoms with Crippen molar-refractivity contribution in [2.24, 2.45) is 0 Å². The summed E-state index contributed by atoms with van der Waals surface area (Å²) < 4.78 is 15.0. The maximum absolute atomic E-state index is 12.0. The van der Waals surface area contributed by atoms with E-state index in [1.165, 1.54) is 25.3 Å². The molecule has 0 fully saturated rings. The molecule has 6 heteroatoms. The summed E-state index contributed by atoms with van der Waals surface area (Å²) in [4.78, 5) is 23.9. The van der Waals surface area contributed by atoms with Crippen LogP contribution in [0.15, 0.2) is 36.6 Å². The molecule has 0 radical (unpaired) electrons. The van der Waals surface area contributed by atoms with Crippen LogP contribution >= 0.6 is 0 Å². The number of hydrogen-bond donors (Lipinski definition) is 1. The standard InChI is InChI=1S/C16H20O6/c1-3-8-20-9-10-21-15(18)13-6-4-5-7-14(13)16(19)22-11-12(2)17/h3-8,12,17H,9-11H2,1-2H3. The maximum Gasteiger partial charge on any atom is 0.339 e. The molecule has 0 aliphatic carbocycles. The second-order valence-electron chi connectivity index (χ2n) is 4.47. The number of aliphatic hydroxyl groups excluding tert-OH is 1. The molecule has 1 atom stereocenters. The van der Waals surface area contributed by atoms with Crippen LogP contribution in [0.4, 0.5) is 0 Å². The first-order valence-electron chi connectivity index (χ1n) is 6.90. The van der Waals surface area contributed by atoms with Crippen LogP contribution in [0.2, 0.25) is 0 Å². The molecule has 0 saturated carbocycles. The van der Waals surface area contributed by atoms with E-state index in [0.717, 1.165) is 0 Å². The zero-order valence-electron chi connectivity index (χ0n) is 12.7. The van der Waals surface area contributed by atoms with Crippen LogP contribution < -0.4 is 0 Å². The number of carbonyl (C=O) groups is 2. The van der Waals surface area contributed by atoms with Crippen LogP contribution in [0, 0.1) is 0 Å². The molecule has 0 aromatic heterocycles. The van der Waals surface area contributed by atoms with Gasteiger partial charge < -0.3 is 19.3 Å². The minimum absolute atomic E-state index is 0.0697. The van der Waals surface area contributed by atoms with Crippen molar-refractivity contribution < 1.29 is 28.9 Å². The van der Waals surface area contributed by atoms with Crippen molar-refractivity contribution in [3.8, 4) is 0 Å². The SMILES string of the molecule is CC=COCCOC(=O)c1ccccc1C(=O)OCC(C)O. The van der Waals surface area contributed by atoms with Gasteiger partial charge in [0.15, 0.2) is 0 Å². The maximum atomic E-state index is 12.0. The molecular formula is C16H20O6. The van der Waals surface area contributed by atoms with Gasteiger partial charge in [0, 0.05) is 0 Å². The van der Waals surface area contributed by atoms with Gasteiger partial charge in [-0.2, -0.15) is 0 Å². The van der Waals surface area contributed by atoms with Gasteiger partial charge in [0.25, 0.3) is 0 Å². The fraction of sp³-hybridized carbons (Fsp3) is 0.375. The third-order valence-electron chi connectivity index (χ3n) is 2.49. The largest absolute Gasteiger partial charge is 0.498 e. The van der Waals surface area contributed by atoms with E-state index in [0.29, 0.717) is 0 Å². The molecule has 22 heavy (non-hydrogen) atoms. The van der Waals surface area contributed by atoms with Crippen LogP contribution in [0.25, 0.3) is 0 Å². The third-order valence-corrected chi connectivity index (χ3v) is 2.49. The Balaban J connectivity index is 2.65. The van der Waals surface area contributed by atoms with Gasteiger partial charge in [-0.25, -0.2) is 9.59 Å². The molecule has 1 aromatic rings. The monoisotopic (exact) mass is 308 g/mol. The summed E-state index contributed by atoms with van der Waals surface area (Å²) in [5.41, 5.74) is 0.214. The lowest BCUT2D eigenvalue weighted by atomic mass is 10.1. The molecule has 0 heterocycles. The van der Waals surface area contributed by atoms with Crippen LogP contribution in [0.5, 0.6) is 0 Å². The zero-order valence-corrected chi connectivity index (χ0v) is 12.7. The number of allylic oxidation sites excluding steroid dienone is 1. The number of aliphatic hydroxyl groups is 1. The van der Waals surface area contributed by atoms with Crippen LogP contribution in [0.3, 0.4) is 0 Å². The van der Waals surface area contributed by atoms with E-state index in [1.807, 2.05) is 0 Å². The number of benzene rings is 1. The Kier molecular flexibility index (Phi) is 7.70. The predicted molar refractivity (Wildman–Crippen MR) is 79.5 cm³/mol. The second-order valence-corrected chi connectivity index (χ2v) is 4.47. The molecule has 1 aromatic carbocycles. The molecule has 1 unspecified atom stereocenters. The van der Waals surface area contributed by atoms with Crippen molar-refractivity contribution >= 4 is 11.9 Å². The van der Waals surface area contributed by atoms with E-state index in [4.69, 9.17) is 19.3 Å². The summed E-state index contributed by atoms with van der Waals surface area (Å²) in [6, 6.07) is 6.19. The number of ether oxygens (including phenoxy) is 3. The topological polar surface area (TPSA) is 82.1 Å². The molecule has 1 rings (SSSR count). The van der Waals surface area contributed by atoms with E-state index in [-0.39, 0.29) is 30.9 Å². The first-order valence-corrected chi connectivity index (χ1v) is 6.90. The summed E-state index contributed by atoms with van der Waals surface area (Å²) in [5, 5.41) is 9.13. The van der Waals surface area contributed by atoms with Gasteiger partial charge in [-0.05, 0) is 26.0 Å². The Hall–Kier alpha value is -2.34. The summed E-state index contributed by atoms with van der Waals surface area (Å²) in [7, 11) is 0. The first-order chi connectivity index (χ1) is 10.6. The average molecular weight is 308 g/mol. The lowest BCUT2D eigenvalue weighted by Crippen LogP contribution is -2.19. The average Bonchev–Trinajstić information content (AvgIpc) is 2.52. The molecule has 0 spiro atoms. The fourth-order valence-electron chi connectivity index (χ4n) is 1.54. The number of carbonyl (C=O) groups excluding carboxylic acids is 2. The van der Waals surface area contributed by atoms with Gasteiger partial charge >= 0.3 is 11.9 Å². The highest BCUT2D eigenvalue weighted by molar-refractivity contribution is 6.03. The lowest BCUT2D eigenvalue weighted by molar-refractivity contribution is 0.0284. The first kappa shape index (κ1) is 17.7. The number of hydrogen-bond acceptors (Lipinski definition) is 6. The molecule has 6 nitrogen and oxygen atoms in total. The Morgan fingerprint density at radius 3 is 2.27 bits per heavy atom. The van der Waals surface area contributed by atoms with Crippen LogP contribution in [0.1, 0.15) is 34.6 Å². The van der Waals surface area contributed by atoms with Gasteiger partial charge in [0.1, 0.15) is 19.8 Å². The van der Waals surface area contributed by atoms with Crippen LogP contribution in [-0.4, -0.2) is 43.0 Å². The highest BCUT2D eigenvalue weighted by Crippen LogP contribution is 2.12. The Morgan fingerprint density at radius 2 is 1.73 bits per heavy atom. The fourth-order valence-corrected chi connectivity index (χ4v) is 1.54. The van der Waals surface area contributed by atoms with Crippen molar-refractivity contribution in [1.29, 1.82) is 0 Å². The Bertz CT molecular complexity index is 521. The number of esters is 2. The van der Waals surface area contributed by atoms with Gasteiger partial charge in [-0.1, -0.05) is 18.2 Å². The smallest absolute Gasteiger partial charge is 0.339 e. The quantitative estimate of drug-likeness (QED) is 0.449. The van der Waals surface area contributed by atoms with Gasteiger partial charge in [0.2, 0.25) is 0 Å². The molecule has 1 N–H and O–H groups in total. The summed E-state index contributed by atoms with van der Waals surface area (Å²) in [5.74, 6) is -1.31. The molecular weight excluding hydrogens is 288 g/mol. The molecule has 0 amide bonds. The highest BCUT2D eigenvalue weighted by Gasteiger charge is 2.19. The zero-order chi connectivity index (χ0) is 16.4. The van der Waals surface area contributed by atoms with E-state index in [9.17, 15) is 9.59 Å². The Morgan fingerprint density at radius 1 is 1.14 bits per heavy atom. The van der Waals surface area contributed by atoms with E-state index >= 15 is 0 Å². The van der Waals surface area contributed by atoms with E-state index in [1.54, 1.807) is 25.1 Å². The molecule has 0 aliphatic rings. The van der Waals surface area contributed by atoms with Gasteiger partial charge in [0.05, 0.1) is 23.5 Å². The third kappa shape index (κ3) is 5.97. The van der Waals surface area contributed by atoms with E-state index < -0.39 is 18.0 Å². The van der Waals surface area contributed by atoms with Crippen LogP contribution in [-0.2, 0) is 14.2 Å². The molecule has 0 saturated heterocycles. The lowest BCUT2D eigenvalue weighted by Gasteiger charge is -2.10. The summed E-state index contributed by atoms with van der Waals surface area (Å²) in [6.45, 7) is 3.46. The minimum Gasteiger partial charge on any atom is -0.498 e. The highest BCUT2D eigenvalue weighted by atomic mass is 16.6. The van der Waals surface area contributed by atoms with Crippen molar-refractivity contribution in [1.82, 2.24) is 0 Å². The second kappa shape index (κ2) is 9.57. The van der Waals surface area contributed by atoms with Crippen molar-refractivity contribution in [2.75, 3.05) is 19.8 Å². The normalized spacial score (nSPS) is 12.0. The van der Waals surface area contributed by atoms with E-state index in [2.05, 4.69) is 0 Å². The number of rotatable bonds is 8. The van der Waals surface area contributed by atoms with Crippen molar-refractivity contribution in [3.63, 3.8) is 0 Å². The summed E-state index contributed by atoms with van der Waals surface area (Å²) >= 11 is 0. The van der Waals surface area contributed by atoms with Crippen molar-refractivity contribution in [2.45, 2.75) is 20.0 Å². The summed E-state index contributed by atoms with van der Waals surface area (Å²) in [6.07, 6.45) is 2.44. The van der Waals surface area contributed by atoms with Gasteiger partial charge in [-0.3, -0.25) is 0 Å². The minimum atomic E-state index is -0.771. The van der Waals surface area contributed by atoms with Crippen molar-refractivity contribution in [3.05, 3.63) is 47.7 Å².